The molecule has 0 aliphatic rings. The van der Waals surface area contributed by atoms with Crippen molar-refractivity contribution >= 4 is 22.8 Å². The number of methoxy groups -OCH3 is 1. The molecule has 2 aromatic heterocycles. The van der Waals surface area contributed by atoms with E-state index in [9.17, 15) is 8.78 Å². The summed E-state index contributed by atoms with van der Waals surface area (Å²) in [5.74, 6) is -0.545. The summed E-state index contributed by atoms with van der Waals surface area (Å²) in [6.07, 6.45) is -0.276. The number of ether oxygens (including phenoxy) is 1. The topological polar surface area (TPSA) is 59.9 Å². The van der Waals surface area contributed by atoms with Gasteiger partial charge in [-0.2, -0.15) is 0 Å². The predicted octanol–water partition coefficient (Wildman–Crippen LogP) is 4.64. The maximum atomic E-state index is 13.9. The number of benzene rings is 1. The van der Waals surface area contributed by atoms with Gasteiger partial charge < -0.3 is 10.1 Å². The standard InChI is InChI=1S/C17H16F2N4OS/c1-9-8-25-17(20-9)16-22-14(10(2)24-3)7-15(23-16)21-13-5-4-11(18)6-12(13)19/h4-8,10H,1-3H3,(H,21,22,23). The van der Waals surface area contributed by atoms with Crippen LogP contribution in [-0.4, -0.2) is 22.1 Å². The van der Waals surface area contributed by atoms with E-state index < -0.39 is 11.6 Å². The summed E-state index contributed by atoms with van der Waals surface area (Å²) in [6.45, 7) is 3.73. The third-order valence-electron chi connectivity index (χ3n) is 3.52. The van der Waals surface area contributed by atoms with Crippen LogP contribution in [0, 0.1) is 18.6 Å². The van der Waals surface area contributed by atoms with Crippen molar-refractivity contribution in [1.82, 2.24) is 15.0 Å². The zero-order valence-corrected chi connectivity index (χ0v) is 14.7. The third-order valence-corrected chi connectivity index (χ3v) is 4.48. The van der Waals surface area contributed by atoms with Gasteiger partial charge in [-0.25, -0.2) is 23.7 Å². The Morgan fingerprint density at radius 2 is 1.96 bits per heavy atom. The van der Waals surface area contributed by atoms with Gasteiger partial charge in [-0.05, 0) is 26.0 Å². The van der Waals surface area contributed by atoms with Crippen LogP contribution in [0.2, 0.25) is 0 Å². The van der Waals surface area contributed by atoms with Crippen LogP contribution in [0.25, 0.3) is 10.8 Å². The van der Waals surface area contributed by atoms with Gasteiger partial charge in [-0.3, -0.25) is 0 Å². The molecule has 130 valence electrons. The van der Waals surface area contributed by atoms with Crippen molar-refractivity contribution in [3.63, 3.8) is 0 Å². The van der Waals surface area contributed by atoms with E-state index in [1.807, 2.05) is 19.2 Å². The fourth-order valence-corrected chi connectivity index (χ4v) is 2.87. The molecule has 3 rings (SSSR count). The minimum atomic E-state index is -0.702. The monoisotopic (exact) mass is 362 g/mol. The van der Waals surface area contributed by atoms with E-state index in [0.717, 1.165) is 11.8 Å². The van der Waals surface area contributed by atoms with Gasteiger partial charge in [-0.1, -0.05) is 0 Å². The fraction of sp³-hybridized carbons (Fsp3) is 0.235. The number of hydrogen-bond acceptors (Lipinski definition) is 6. The lowest BCUT2D eigenvalue weighted by Gasteiger charge is -2.13. The highest BCUT2D eigenvalue weighted by Gasteiger charge is 2.15. The number of anilines is 2. The van der Waals surface area contributed by atoms with Gasteiger partial charge >= 0.3 is 0 Å². The van der Waals surface area contributed by atoms with Crippen LogP contribution in [0.4, 0.5) is 20.3 Å². The number of thiazole rings is 1. The second-order valence-electron chi connectivity index (χ2n) is 5.42. The molecule has 1 aromatic carbocycles. The molecule has 2 heterocycles. The van der Waals surface area contributed by atoms with Crippen LogP contribution in [0.5, 0.6) is 0 Å². The normalized spacial score (nSPS) is 12.2. The number of hydrogen-bond donors (Lipinski definition) is 1. The van der Waals surface area contributed by atoms with Crippen molar-refractivity contribution in [1.29, 1.82) is 0 Å². The third kappa shape index (κ3) is 3.97. The number of halogens is 2. The lowest BCUT2D eigenvalue weighted by molar-refractivity contribution is 0.116. The molecule has 0 aliphatic carbocycles. The maximum absolute atomic E-state index is 13.9. The zero-order chi connectivity index (χ0) is 18.0. The average Bonchev–Trinajstić information content (AvgIpc) is 3.03. The summed E-state index contributed by atoms with van der Waals surface area (Å²) in [4.78, 5) is 13.3. The Bertz CT molecular complexity index is 900. The summed E-state index contributed by atoms with van der Waals surface area (Å²) in [5.41, 5.74) is 1.62. The number of rotatable bonds is 5. The van der Waals surface area contributed by atoms with Crippen molar-refractivity contribution in [2.75, 3.05) is 12.4 Å². The SMILES string of the molecule is COC(C)c1cc(Nc2ccc(F)cc2F)nc(-c2nc(C)cs2)n1. The van der Waals surface area contributed by atoms with Crippen LogP contribution in [-0.2, 0) is 4.74 Å². The lowest BCUT2D eigenvalue weighted by atomic mass is 10.2. The van der Waals surface area contributed by atoms with Crippen LogP contribution in [0.15, 0.2) is 29.6 Å². The summed E-state index contributed by atoms with van der Waals surface area (Å²) in [7, 11) is 1.58. The first-order chi connectivity index (χ1) is 12.0. The van der Waals surface area contributed by atoms with Crippen molar-refractivity contribution in [3.05, 3.63) is 52.7 Å². The largest absolute Gasteiger partial charge is 0.375 e. The summed E-state index contributed by atoms with van der Waals surface area (Å²) in [5, 5.41) is 5.42. The second-order valence-corrected chi connectivity index (χ2v) is 6.28. The maximum Gasteiger partial charge on any atom is 0.191 e. The molecule has 0 radical (unpaired) electrons. The number of aryl methyl sites for hydroxylation is 1. The number of aromatic nitrogens is 3. The molecule has 8 heteroatoms. The van der Waals surface area contributed by atoms with E-state index in [-0.39, 0.29) is 11.8 Å². The Morgan fingerprint density at radius 3 is 2.60 bits per heavy atom. The highest BCUT2D eigenvalue weighted by atomic mass is 32.1. The Kier molecular flexibility index (Phi) is 5.00. The van der Waals surface area contributed by atoms with Gasteiger partial charge in [0.1, 0.15) is 17.5 Å². The predicted molar refractivity (Wildman–Crippen MR) is 92.9 cm³/mol. The van der Waals surface area contributed by atoms with E-state index >= 15 is 0 Å². The molecule has 1 atom stereocenters. The molecule has 25 heavy (non-hydrogen) atoms. The molecule has 0 spiro atoms. The molecular weight excluding hydrogens is 346 g/mol. The highest BCUT2D eigenvalue weighted by molar-refractivity contribution is 7.13. The molecule has 0 amide bonds. The Balaban J connectivity index is 2.02. The van der Waals surface area contributed by atoms with E-state index in [2.05, 4.69) is 20.3 Å². The quantitative estimate of drug-likeness (QED) is 0.717. The average molecular weight is 362 g/mol. The van der Waals surface area contributed by atoms with Gasteiger partial charge in [0.15, 0.2) is 10.8 Å². The van der Waals surface area contributed by atoms with Crippen LogP contribution >= 0.6 is 11.3 Å². The zero-order valence-electron chi connectivity index (χ0n) is 13.9. The molecular formula is C17H16F2N4OS. The molecule has 0 fully saturated rings. The van der Waals surface area contributed by atoms with Crippen molar-refractivity contribution in [3.8, 4) is 10.8 Å². The summed E-state index contributed by atoms with van der Waals surface area (Å²) < 4.78 is 32.3. The van der Waals surface area contributed by atoms with E-state index in [1.54, 1.807) is 13.2 Å². The number of nitrogens with one attached hydrogen (secondary N) is 1. The molecule has 0 bridgehead atoms. The lowest BCUT2D eigenvalue weighted by Crippen LogP contribution is -2.06. The first-order valence-electron chi connectivity index (χ1n) is 7.52. The summed E-state index contributed by atoms with van der Waals surface area (Å²) in [6, 6.07) is 4.98. The Morgan fingerprint density at radius 1 is 1.16 bits per heavy atom. The van der Waals surface area contributed by atoms with Crippen LogP contribution in [0.3, 0.4) is 0 Å². The van der Waals surface area contributed by atoms with Gasteiger partial charge in [-0.15, -0.1) is 11.3 Å². The molecule has 3 aromatic rings. The smallest absolute Gasteiger partial charge is 0.191 e. The second kappa shape index (κ2) is 7.20. The molecule has 0 saturated carbocycles. The van der Waals surface area contributed by atoms with Gasteiger partial charge in [0.2, 0.25) is 0 Å². The molecule has 0 saturated heterocycles. The Labute approximate surface area is 147 Å². The first kappa shape index (κ1) is 17.4. The molecule has 0 aliphatic heterocycles. The van der Waals surface area contributed by atoms with Crippen molar-refractivity contribution in [2.24, 2.45) is 0 Å². The van der Waals surface area contributed by atoms with Gasteiger partial charge in [0.25, 0.3) is 0 Å². The fourth-order valence-electron chi connectivity index (χ4n) is 2.14. The van der Waals surface area contributed by atoms with Crippen LogP contribution < -0.4 is 5.32 Å². The first-order valence-corrected chi connectivity index (χ1v) is 8.40. The molecule has 1 unspecified atom stereocenters. The van der Waals surface area contributed by atoms with Crippen molar-refractivity contribution in [2.45, 2.75) is 20.0 Å². The van der Waals surface area contributed by atoms with E-state index in [1.165, 1.54) is 23.5 Å². The van der Waals surface area contributed by atoms with E-state index in [0.29, 0.717) is 22.3 Å². The minimum absolute atomic E-state index is 0.123. The van der Waals surface area contributed by atoms with Gasteiger partial charge in [0, 0.05) is 30.3 Å². The number of nitrogens with zero attached hydrogens (tertiary/aromatic N) is 3. The highest BCUT2D eigenvalue weighted by Crippen LogP contribution is 2.27. The Hall–Kier alpha value is -2.45. The van der Waals surface area contributed by atoms with Crippen molar-refractivity contribution < 1.29 is 13.5 Å². The summed E-state index contributed by atoms with van der Waals surface area (Å²) >= 11 is 1.42. The van der Waals surface area contributed by atoms with Gasteiger partial charge in [0.05, 0.1) is 17.5 Å². The minimum Gasteiger partial charge on any atom is -0.375 e. The molecule has 1 N–H and O–H groups in total. The van der Waals surface area contributed by atoms with E-state index in [4.69, 9.17) is 4.74 Å². The van der Waals surface area contributed by atoms with Crippen LogP contribution in [0.1, 0.15) is 24.4 Å². The molecule has 5 nitrogen and oxygen atoms in total.